The highest BCUT2D eigenvalue weighted by molar-refractivity contribution is 6.35. The lowest BCUT2D eigenvalue weighted by Gasteiger charge is -2.25. The summed E-state index contributed by atoms with van der Waals surface area (Å²) < 4.78 is 5.60. The van der Waals surface area contributed by atoms with Crippen molar-refractivity contribution in [2.45, 2.75) is 18.9 Å². The number of hydrogen-bond acceptors (Lipinski definition) is 3. The van der Waals surface area contributed by atoms with E-state index >= 15 is 0 Å². The van der Waals surface area contributed by atoms with E-state index in [1.165, 1.54) is 0 Å². The van der Waals surface area contributed by atoms with Crippen LogP contribution in [0.4, 0.5) is 5.69 Å². The Labute approximate surface area is 155 Å². The fourth-order valence-electron chi connectivity index (χ4n) is 2.53. The molecule has 0 unspecified atom stereocenters. The topological polar surface area (TPSA) is 67.4 Å². The van der Waals surface area contributed by atoms with Gasteiger partial charge in [0.2, 0.25) is 5.91 Å². The Balaban J connectivity index is 1.50. The molecule has 2 amide bonds. The molecule has 0 saturated heterocycles. The number of para-hydroxylation sites is 2. The van der Waals surface area contributed by atoms with Crippen LogP contribution in [0.3, 0.4) is 0 Å². The molecule has 0 aliphatic carbocycles. The maximum absolute atomic E-state index is 12.1. The SMILES string of the molecule is O=C(C[C@H]1Oc2ccccc2NC1=O)NCCc1ccc(Cl)cc1Cl. The van der Waals surface area contributed by atoms with Gasteiger partial charge >= 0.3 is 0 Å². The van der Waals surface area contributed by atoms with Gasteiger partial charge in [-0.3, -0.25) is 9.59 Å². The van der Waals surface area contributed by atoms with Crippen molar-refractivity contribution in [2.24, 2.45) is 0 Å². The summed E-state index contributed by atoms with van der Waals surface area (Å²) in [6.07, 6.45) is -0.314. The second kappa shape index (κ2) is 7.76. The number of anilines is 1. The largest absolute Gasteiger partial charge is 0.478 e. The van der Waals surface area contributed by atoms with Crippen molar-refractivity contribution in [1.29, 1.82) is 0 Å². The maximum atomic E-state index is 12.1. The first kappa shape index (κ1) is 17.6. The van der Waals surface area contributed by atoms with Crippen LogP contribution >= 0.6 is 23.2 Å². The average molecular weight is 379 g/mol. The van der Waals surface area contributed by atoms with E-state index in [0.29, 0.717) is 34.4 Å². The van der Waals surface area contributed by atoms with Crippen molar-refractivity contribution < 1.29 is 14.3 Å². The Kier molecular flexibility index (Phi) is 5.46. The van der Waals surface area contributed by atoms with Crippen LogP contribution in [-0.2, 0) is 16.0 Å². The van der Waals surface area contributed by atoms with E-state index in [0.717, 1.165) is 5.56 Å². The van der Waals surface area contributed by atoms with Gasteiger partial charge in [0.1, 0.15) is 5.75 Å². The number of carbonyl (C=O) groups excluding carboxylic acids is 2. The van der Waals surface area contributed by atoms with E-state index in [9.17, 15) is 9.59 Å². The van der Waals surface area contributed by atoms with Crippen LogP contribution in [0.5, 0.6) is 5.75 Å². The first-order valence-electron chi connectivity index (χ1n) is 7.80. The number of rotatable bonds is 5. The summed E-state index contributed by atoms with van der Waals surface area (Å²) in [6.45, 7) is 0.408. The Bertz CT molecular complexity index is 811. The normalized spacial score (nSPS) is 15.8. The molecular formula is C18H16Cl2N2O3. The van der Waals surface area contributed by atoms with Crippen molar-refractivity contribution in [1.82, 2.24) is 5.32 Å². The van der Waals surface area contributed by atoms with Crippen molar-refractivity contribution >= 4 is 40.7 Å². The molecule has 0 saturated carbocycles. The zero-order valence-electron chi connectivity index (χ0n) is 13.2. The molecule has 0 spiro atoms. The van der Waals surface area contributed by atoms with Crippen LogP contribution in [-0.4, -0.2) is 24.5 Å². The highest BCUT2D eigenvalue weighted by Gasteiger charge is 2.29. The van der Waals surface area contributed by atoms with Gasteiger partial charge in [-0.25, -0.2) is 0 Å². The van der Waals surface area contributed by atoms with E-state index in [1.807, 2.05) is 12.1 Å². The van der Waals surface area contributed by atoms with Crippen LogP contribution in [0, 0.1) is 0 Å². The molecule has 2 N–H and O–H groups in total. The van der Waals surface area contributed by atoms with Crippen molar-refractivity contribution in [3.63, 3.8) is 0 Å². The van der Waals surface area contributed by atoms with Crippen LogP contribution in [0.25, 0.3) is 0 Å². The van der Waals surface area contributed by atoms with Gasteiger partial charge in [-0.05, 0) is 36.2 Å². The van der Waals surface area contributed by atoms with Gasteiger partial charge in [0.05, 0.1) is 12.1 Å². The van der Waals surface area contributed by atoms with E-state index < -0.39 is 6.10 Å². The molecule has 3 rings (SSSR count). The summed E-state index contributed by atoms with van der Waals surface area (Å²) in [5.74, 6) is -0.0212. The van der Waals surface area contributed by atoms with Gasteiger partial charge in [-0.2, -0.15) is 0 Å². The molecule has 2 aromatic carbocycles. The van der Waals surface area contributed by atoms with Gasteiger partial charge < -0.3 is 15.4 Å². The molecule has 5 nitrogen and oxygen atoms in total. The zero-order valence-corrected chi connectivity index (χ0v) is 14.7. The molecule has 0 radical (unpaired) electrons. The van der Waals surface area contributed by atoms with Gasteiger partial charge in [-0.1, -0.05) is 41.4 Å². The average Bonchev–Trinajstić information content (AvgIpc) is 2.57. The number of ether oxygens (including phenoxy) is 1. The van der Waals surface area contributed by atoms with E-state index in [1.54, 1.807) is 30.3 Å². The first-order valence-corrected chi connectivity index (χ1v) is 8.55. The van der Waals surface area contributed by atoms with Crippen LogP contribution < -0.4 is 15.4 Å². The van der Waals surface area contributed by atoms with Crippen LogP contribution in [0.15, 0.2) is 42.5 Å². The van der Waals surface area contributed by atoms with Crippen LogP contribution in [0.2, 0.25) is 10.0 Å². The summed E-state index contributed by atoms with van der Waals surface area (Å²) in [7, 11) is 0. The fourth-order valence-corrected chi connectivity index (χ4v) is 3.03. The molecule has 1 aliphatic rings. The van der Waals surface area contributed by atoms with Crippen molar-refractivity contribution in [3.8, 4) is 5.75 Å². The van der Waals surface area contributed by atoms with E-state index in [4.69, 9.17) is 27.9 Å². The Hall–Kier alpha value is -2.24. The third kappa shape index (κ3) is 4.44. The third-order valence-electron chi connectivity index (χ3n) is 3.81. The number of amides is 2. The molecule has 0 bridgehead atoms. The molecular weight excluding hydrogens is 363 g/mol. The molecule has 1 heterocycles. The molecule has 25 heavy (non-hydrogen) atoms. The number of nitrogens with one attached hydrogen (secondary N) is 2. The highest BCUT2D eigenvalue weighted by atomic mass is 35.5. The third-order valence-corrected chi connectivity index (χ3v) is 4.40. The van der Waals surface area contributed by atoms with E-state index in [-0.39, 0.29) is 18.2 Å². The minimum atomic E-state index is -0.839. The predicted octanol–water partition coefficient (Wildman–Crippen LogP) is 3.44. The summed E-state index contributed by atoms with van der Waals surface area (Å²) in [6, 6.07) is 12.4. The molecule has 130 valence electrons. The molecule has 0 aromatic heterocycles. The number of halogens is 2. The second-order valence-electron chi connectivity index (χ2n) is 5.63. The summed E-state index contributed by atoms with van der Waals surface area (Å²) in [5.41, 5.74) is 1.51. The standard InChI is InChI=1S/C18H16Cl2N2O3/c19-12-6-5-11(13(20)9-12)7-8-21-17(23)10-16-18(24)22-14-3-1-2-4-15(14)25-16/h1-6,9,16H,7-8,10H2,(H,21,23)(H,22,24)/t16-/m1/s1. The zero-order chi connectivity index (χ0) is 17.8. The van der Waals surface area contributed by atoms with Crippen molar-refractivity contribution in [2.75, 3.05) is 11.9 Å². The van der Waals surface area contributed by atoms with Crippen LogP contribution in [0.1, 0.15) is 12.0 Å². The summed E-state index contributed by atoms with van der Waals surface area (Å²) in [5, 5.41) is 6.64. The summed E-state index contributed by atoms with van der Waals surface area (Å²) in [4.78, 5) is 24.1. The van der Waals surface area contributed by atoms with E-state index in [2.05, 4.69) is 10.6 Å². The minimum Gasteiger partial charge on any atom is -0.478 e. The molecule has 0 fully saturated rings. The Morgan fingerprint density at radius 3 is 2.80 bits per heavy atom. The lowest BCUT2D eigenvalue weighted by molar-refractivity contribution is -0.130. The lowest BCUT2D eigenvalue weighted by Crippen LogP contribution is -2.41. The Morgan fingerprint density at radius 1 is 1.20 bits per heavy atom. The number of fused-ring (bicyclic) bond motifs is 1. The monoisotopic (exact) mass is 378 g/mol. The number of carbonyl (C=O) groups is 2. The van der Waals surface area contributed by atoms with Crippen molar-refractivity contribution in [3.05, 3.63) is 58.1 Å². The number of benzene rings is 2. The van der Waals surface area contributed by atoms with Gasteiger partial charge in [0, 0.05) is 16.6 Å². The molecule has 2 aromatic rings. The number of hydrogen-bond donors (Lipinski definition) is 2. The van der Waals surface area contributed by atoms with Gasteiger partial charge in [-0.15, -0.1) is 0 Å². The minimum absolute atomic E-state index is 0.0471. The van der Waals surface area contributed by atoms with Gasteiger partial charge in [0.15, 0.2) is 6.10 Å². The summed E-state index contributed by atoms with van der Waals surface area (Å²) >= 11 is 12.0. The Morgan fingerprint density at radius 2 is 2.00 bits per heavy atom. The molecule has 1 aliphatic heterocycles. The fraction of sp³-hybridized carbons (Fsp3) is 0.222. The molecule has 7 heteroatoms. The second-order valence-corrected chi connectivity index (χ2v) is 6.48. The molecule has 1 atom stereocenters. The highest BCUT2D eigenvalue weighted by Crippen LogP contribution is 2.29. The smallest absolute Gasteiger partial charge is 0.266 e. The van der Waals surface area contributed by atoms with Gasteiger partial charge in [0.25, 0.3) is 5.91 Å². The lowest BCUT2D eigenvalue weighted by atomic mass is 10.1. The maximum Gasteiger partial charge on any atom is 0.266 e. The quantitative estimate of drug-likeness (QED) is 0.837. The predicted molar refractivity (Wildman–Crippen MR) is 97.3 cm³/mol. The first-order chi connectivity index (χ1) is 12.0.